The molecule has 108 valence electrons. The SMILES string of the molecule is Cc1nc(NC(=O)c2ccc([N+](=O)[O-])cc2)sc1C(=O)O. The van der Waals surface area contributed by atoms with Gasteiger partial charge in [0, 0.05) is 17.7 Å². The Bertz CT molecular complexity index is 723. The Morgan fingerprint density at radius 2 is 1.95 bits per heavy atom. The number of carbonyl (C=O) groups is 2. The molecule has 0 radical (unpaired) electrons. The zero-order chi connectivity index (χ0) is 15.6. The number of carboxylic acid groups (broad SMARTS) is 1. The average Bonchev–Trinajstić information content (AvgIpc) is 2.79. The van der Waals surface area contributed by atoms with E-state index in [1.807, 2.05) is 0 Å². The molecule has 0 fully saturated rings. The molecule has 1 aromatic heterocycles. The van der Waals surface area contributed by atoms with E-state index in [1.165, 1.54) is 31.2 Å². The normalized spacial score (nSPS) is 10.1. The number of nitro benzene ring substituents is 1. The van der Waals surface area contributed by atoms with Crippen molar-refractivity contribution >= 4 is 34.0 Å². The Labute approximate surface area is 122 Å². The minimum atomic E-state index is -1.11. The fraction of sp³-hybridized carbons (Fsp3) is 0.0833. The van der Waals surface area contributed by atoms with Crippen LogP contribution in [0.3, 0.4) is 0 Å². The molecule has 0 aliphatic heterocycles. The van der Waals surface area contributed by atoms with Crippen LogP contribution in [0.25, 0.3) is 0 Å². The molecule has 1 aromatic carbocycles. The van der Waals surface area contributed by atoms with Crippen LogP contribution in [-0.2, 0) is 0 Å². The van der Waals surface area contributed by atoms with Crippen molar-refractivity contribution < 1.29 is 19.6 Å². The molecule has 0 saturated heterocycles. The van der Waals surface area contributed by atoms with Crippen LogP contribution >= 0.6 is 11.3 Å². The maximum Gasteiger partial charge on any atom is 0.347 e. The van der Waals surface area contributed by atoms with Gasteiger partial charge in [0.25, 0.3) is 11.6 Å². The maximum absolute atomic E-state index is 11.9. The second-order valence-electron chi connectivity index (χ2n) is 4.00. The highest BCUT2D eigenvalue weighted by atomic mass is 32.1. The van der Waals surface area contributed by atoms with Crippen LogP contribution in [0.1, 0.15) is 25.7 Å². The van der Waals surface area contributed by atoms with Gasteiger partial charge < -0.3 is 5.11 Å². The van der Waals surface area contributed by atoms with Gasteiger partial charge in [0.1, 0.15) is 4.88 Å². The lowest BCUT2D eigenvalue weighted by Crippen LogP contribution is -2.11. The van der Waals surface area contributed by atoms with Gasteiger partial charge in [-0.05, 0) is 19.1 Å². The summed E-state index contributed by atoms with van der Waals surface area (Å²) in [6, 6.07) is 5.05. The number of hydrogen-bond donors (Lipinski definition) is 2. The lowest BCUT2D eigenvalue weighted by Gasteiger charge is -2.01. The Kier molecular flexibility index (Phi) is 3.94. The summed E-state index contributed by atoms with van der Waals surface area (Å²) in [6.07, 6.45) is 0. The number of nitro groups is 1. The predicted octanol–water partition coefficient (Wildman–Crippen LogP) is 2.31. The number of amides is 1. The molecule has 0 aliphatic rings. The molecule has 0 spiro atoms. The van der Waals surface area contributed by atoms with Crippen molar-refractivity contribution in [1.82, 2.24) is 4.98 Å². The van der Waals surface area contributed by atoms with Crippen LogP contribution in [0.15, 0.2) is 24.3 Å². The van der Waals surface area contributed by atoms with E-state index in [9.17, 15) is 19.7 Å². The zero-order valence-electron chi connectivity index (χ0n) is 10.7. The first-order valence-corrected chi connectivity index (χ1v) is 6.46. The van der Waals surface area contributed by atoms with Crippen molar-refractivity contribution in [3.63, 3.8) is 0 Å². The van der Waals surface area contributed by atoms with Crippen molar-refractivity contribution in [2.24, 2.45) is 0 Å². The second kappa shape index (κ2) is 5.67. The smallest absolute Gasteiger partial charge is 0.347 e. The predicted molar refractivity (Wildman–Crippen MR) is 74.9 cm³/mol. The van der Waals surface area contributed by atoms with Crippen LogP contribution in [-0.4, -0.2) is 26.9 Å². The number of anilines is 1. The van der Waals surface area contributed by atoms with Gasteiger partial charge in [-0.15, -0.1) is 0 Å². The number of benzene rings is 1. The number of nitrogens with zero attached hydrogens (tertiary/aromatic N) is 2. The Morgan fingerprint density at radius 3 is 2.43 bits per heavy atom. The minimum Gasteiger partial charge on any atom is -0.477 e. The third kappa shape index (κ3) is 3.20. The van der Waals surface area contributed by atoms with Gasteiger partial charge >= 0.3 is 5.97 Å². The molecule has 0 unspecified atom stereocenters. The van der Waals surface area contributed by atoms with Crippen LogP contribution < -0.4 is 5.32 Å². The molecule has 0 aliphatic carbocycles. The topological polar surface area (TPSA) is 122 Å². The first-order valence-electron chi connectivity index (χ1n) is 5.65. The van der Waals surface area contributed by atoms with Crippen LogP contribution in [0, 0.1) is 17.0 Å². The molecule has 21 heavy (non-hydrogen) atoms. The molecule has 2 N–H and O–H groups in total. The Balaban J connectivity index is 2.16. The fourth-order valence-electron chi connectivity index (χ4n) is 1.55. The molecule has 2 rings (SSSR count). The van der Waals surface area contributed by atoms with Crippen molar-refractivity contribution in [1.29, 1.82) is 0 Å². The highest BCUT2D eigenvalue weighted by Gasteiger charge is 2.16. The van der Waals surface area contributed by atoms with E-state index in [0.717, 1.165) is 11.3 Å². The number of aryl methyl sites for hydroxylation is 1. The summed E-state index contributed by atoms with van der Waals surface area (Å²) in [4.78, 5) is 36.8. The number of aromatic nitrogens is 1. The first kappa shape index (κ1) is 14.6. The number of thiazole rings is 1. The van der Waals surface area contributed by atoms with E-state index in [2.05, 4.69) is 10.3 Å². The van der Waals surface area contributed by atoms with E-state index in [0.29, 0.717) is 5.69 Å². The lowest BCUT2D eigenvalue weighted by atomic mass is 10.2. The molecule has 0 bridgehead atoms. The number of hydrogen-bond acceptors (Lipinski definition) is 6. The highest BCUT2D eigenvalue weighted by molar-refractivity contribution is 7.17. The van der Waals surface area contributed by atoms with Gasteiger partial charge in [0.15, 0.2) is 5.13 Å². The van der Waals surface area contributed by atoms with Crippen LogP contribution in [0.2, 0.25) is 0 Å². The quantitative estimate of drug-likeness (QED) is 0.660. The molecule has 1 amide bonds. The summed E-state index contributed by atoms with van der Waals surface area (Å²) in [7, 11) is 0. The van der Waals surface area contributed by atoms with Crippen molar-refractivity contribution in [2.75, 3.05) is 5.32 Å². The summed E-state index contributed by atoms with van der Waals surface area (Å²) >= 11 is 0.848. The molecule has 2 aromatic rings. The molecular formula is C12H9N3O5S. The van der Waals surface area contributed by atoms with Gasteiger partial charge in [-0.1, -0.05) is 11.3 Å². The Morgan fingerprint density at radius 1 is 1.33 bits per heavy atom. The molecular weight excluding hydrogens is 298 g/mol. The summed E-state index contributed by atoms with van der Waals surface area (Å²) in [5.41, 5.74) is 0.404. The number of carboxylic acids is 1. The first-order chi connectivity index (χ1) is 9.88. The molecule has 0 atom stereocenters. The van der Waals surface area contributed by atoms with Gasteiger partial charge in [-0.25, -0.2) is 9.78 Å². The minimum absolute atomic E-state index is 0.0500. The van der Waals surface area contributed by atoms with Gasteiger partial charge in [-0.3, -0.25) is 20.2 Å². The zero-order valence-corrected chi connectivity index (χ0v) is 11.5. The van der Waals surface area contributed by atoms with E-state index in [1.54, 1.807) is 0 Å². The summed E-state index contributed by atoms with van der Waals surface area (Å²) in [5.74, 6) is -1.63. The van der Waals surface area contributed by atoms with Gasteiger partial charge in [0.2, 0.25) is 0 Å². The van der Waals surface area contributed by atoms with Crippen molar-refractivity contribution in [2.45, 2.75) is 6.92 Å². The van der Waals surface area contributed by atoms with Crippen molar-refractivity contribution in [3.8, 4) is 0 Å². The number of non-ortho nitro benzene ring substituents is 1. The fourth-order valence-corrected chi connectivity index (χ4v) is 2.35. The number of nitrogens with one attached hydrogen (secondary N) is 1. The summed E-state index contributed by atoms with van der Waals surface area (Å²) < 4.78 is 0. The van der Waals surface area contributed by atoms with E-state index < -0.39 is 16.8 Å². The van der Waals surface area contributed by atoms with Crippen LogP contribution in [0.4, 0.5) is 10.8 Å². The molecule has 9 heteroatoms. The van der Waals surface area contributed by atoms with E-state index in [-0.39, 0.29) is 21.3 Å². The van der Waals surface area contributed by atoms with Crippen LogP contribution in [0.5, 0.6) is 0 Å². The monoisotopic (exact) mass is 307 g/mol. The third-order valence-corrected chi connectivity index (χ3v) is 3.61. The lowest BCUT2D eigenvalue weighted by molar-refractivity contribution is -0.384. The van der Waals surface area contributed by atoms with Gasteiger partial charge in [0.05, 0.1) is 10.6 Å². The summed E-state index contributed by atoms with van der Waals surface area (Å²) in [6.45, 7) is 1.53. The molecule has 8 nitrogen and oxygen atoms in total. The largest absolute Gasteiger partial charge is 0.477 e. The third-order valence-electron chi connectivity index (χ3n) is 2.55. The standard InChI is InChI=1S/C12H9N3O5S/c1-6-9(11(17)18)21-12(13-6)14-10(16)7-2-4-8(5-3-7)15(19)20/h2-5H,1H3,(H,17,18)(H,13,14,16). The number of rotatable bonds is 4. The van der Waals surface area contributed by atoms with Gasteiger partial charge in [-0.2, -0.15) is 0 Å². The van der Waals surface area contributed by atoms with E-state index >= 15 is 0 Å². The van der Waals surface area contributed by atoms with Crippen molar-refractivity contribution in [3.05, 3.63) is 50.5 Å². The average molecular weight is 307 g/mol. The van der Waals surface area contributed by atoms with E-state index in [4.69, 9.17) is 5.11 Å². The Hall–Kier alpha value is -2.81. The summed E-state index contributed by atoms with van der Waals surface area (Å²) in [5, 5.41) is 22.0. The second-order valence-corrected chi connectivity index (χ2v) is 5.00. The molecule has 1 heterocycles. The number of aromatic carboxylic acids is 1. The maximum atomic E-state index is 11.9. The molecule has 0 saturated carbocycles. The number of carbonyl (C=O) groups excluding carboxylic acids is 1. The highest BCUT2D eigenvalue weighted by Crippen LogP contribution is 2.23.